The van der Waals surface area contributed by atoms with E-state index in [-0.39, 0.29) is 5.78 Å². The van der Waals surface area contributed by atoms with Crippen molar-refractivity contribution in [1.82, 2.24) is 0 Å². The van der Waals surface area contributed by atoms with Gasteiger partial charge in [0.15, 0.2) is 5.78 Å². The largest absolute Gasteiger partial charge is 0.295 e. The molecule has 0 aliphatic rings. The van der Waals surface area contributed by atoms with Gasteiger partial charge in [-0.2, -0.15) is 0 Å². The first-order valence-corrected chi connectivity index (χ1v) is 3.15. The summed E-state index contributed by atoms with van der Waals surface area (Å²) in [6.45, 7) is 6.99. The zero-order valence-corrected chi connectivity index (χ0v) is 7.06. The minimum atomic E-state index is 0.109. The molecule has 0 heterocycles. The molecule has 1 nitrogen and oxygen atoms in total. The summed E-state index contributed by atoms with van der Waals surface area (Å²) in [5, 5.41) is 0. The molecule has 0 aromatic rings. The van der Waals surface area contributed by atoms with Crippen molar-refractivity contribution in [2.75, 3.05) is 0 Å². The second-order valence-electron chi connectivity index (χ2n) is 1.61. The van der Waals surface area contributed by atoms with Crippen molar-refractivity contribution in [3.8, 4) is 11.8 Å². The summed E-state index contributed by atoms with van der Waals surface area (Å²) in [7, 11) is 0. The van der Waals surface area contributed by atoms with E-state index in [1.54, 1.807) is 6.08 Å². The Morgan fingerprint density at radius 2 is 1.70 bits per heavy atom. The maximum Gasteiger partial charge on any atom is 0.152 e. The third kappa shape index (κ3) is 28.2. The zero-order chi connectivity index (χ0) is 8.41. The van der Waals surface area contributed by atoms with Crippen LogP contribution in [-0.2, 0) is 4.79 Å². The summed E-state index contributed by atoms with van der Waals surface area (Å²) < 4.78 is 0. The van der Waals surface area contributed by atoms with E-state index in [4.69, 9.17) is 0 Å². The van der Waals surface area contributed by atoms with Crippen LogP contribution in [0.5, 0.6) is 0 Å². The number of allylic oxidation sites excluding steroid dienone is 2. The number of carbonyl (C=O) groups excluding carboxylic acids is 1. The summed E-state index contributed by atoms with van der Waals surface area (Å²) >= 11 is 0. The lowest BCUT2D eigenvalue weighted by Crippen LogP contribution is -1.76. The highest BCUT2D eigenvalue weighted by Gasteiger charge is 1.73. The average Bonchev–Trinajstić information content (AvgIpc) is 1.89. The molecule has 0 bridgehead atoms. The number of hydrogen-bond donors (Lipinski definition) is 0. The number of carbonyl (C=O) groups is 1. The topological polar surface area (TPSA) is 17.1 Å². The molecule has 0 atom stereocenters. The summed E-state index contributed by atoms with van der Waals surface area (Å²) in [6, 6.07) is 0. The fraction of sp³-hybridized carbons (Fsp3) is 0.444. The van der Waals surface area contributed by atoms with Gasteiger partial charge in [0, 0.05) is 0 Å². The van der Waals surface area contributed by atoms with E-state index >= 15 is 0 Å². The molecule has 0 aliphatic carbocycles. The van der Waals surface area contributed by atoms with Crippen LogP contribution in [0.3, 0.4) is 0 Å². The quantitative estimate of drug-likeness (QED) is 0.401. The SMILES string of the molecule is C/C=C/C(C)=O.CC#CC. The molecule has 0 aromatic heterocycles. The van der Waals surface area contributed by atoms with E-state index in [0.717, 1.165) is 0 Å². The van der Waals surface area contributed by atoms with Gasteiger partial charge in [-0.3, -0.25) is 4.79 Å². The molecule has 0 rings (SSSR count). The van der Waals surface area contributed by atoms with Gasteiger partial charge < -0.3 is 0 Å². The van der Waals surface area contributed by atoms with Gasteiger partial charge in [0.25, 0.3) is 0 Å². The first kappa shape index (κ1) is 11.7. The second kappa shape index (κ2) is 10.9. The predicted octanol–water partition coefficient (Wildman–Crippen LogP) is 2.18. The summed E-state index contributed by atoms with van der Waals surface area (Å²) in [5.41, 5.74) is 0. The monoisotopic (exact) mass is 138 g/mol. The van der Waals surface area contributed by atoms with Crippen LogP contribution in [0, 0.1) is 11.8 Å². The molecule has 0 fully saturated rings. The van der Waals surface area contributed by atoms with Crippen molar-refractivity contribution in [2.24, 2.45) is 0 Å². The fourth-order valence-electron chi connectivity index (χ4n) is 0.235. The molecule has 10 heavy (non-hydrogen) atoms. The van der Waals surface area contributed by atoms with Gasteiger partial charge in [-0.1, -0.05) is 6.08 Å². The Balaban J connectivity index is 0. The zero-order valence-electron chi connectivity index (χ0n) is 7.06. The Labute approximate surface area is 63.1 Å². The highest BCUT2D eigenvalue weighted by atomic mass is 16.1. The standard InChI is InChI=1S/C5H8O.C4H6/c1-3-4-5(2)6;1-3-4-2/h3-4H,1-2H3;1-2H3/b4-3+;. The predicted molar refractivity (Wildman–Crippen MR) is 44.6 cm³/mol. The summed E-state index contributed by atoms with van der Waals surface area (Å²) in [6.07, 6.45) is 3.25. The Kier molecular flexibility index (Phi) is 12.7. The van der Waals surface area contributed by atoms with Crippen molar-refractivity contribution >= 4 is 5.78 Å². The normalized spacial score (nSPS) is 7.20. The molecule has 1 heteroatoms. The van der Waals surface area contributed by atoms with Gasteiger partial charge in [0.2, 0.25) is 0 Å². The van der Waals surface area contributed by atoms with Crippen LogP contribution in [0.2, 0.25) is 0 Å². The van der Waals surface area contributed by atoms with Crippen LogP contribution < -0.4 is 0 Å². The summed E-state index contributed by atoms with van der Waals surface area (Å²) in [4.78, 5) is 9.96. The van der Waals surface area contributed by atoms with E-state index in [1.807, 2.05) is 20.8 Å². The lowest BCUT2D eigenvalue weighted by Gasteiger charge is -1.68. The number of ketones is 1. The second-order valence-corrected chi connectivity index (χ2v) is 1.61. The van der Waals surface area contributed by atoms with Crippen LogP contribution in [0.25, 0.3) is 0 Å². The van der Waals surface area contributed by atoms with Crippen LogP contribution in [-0.4, -0.2) is 5.78 Å². The van der Waals surface area contributed by atoms with E-state index in [2.05, 4.69) is 11.8 Å². The molecule has 0 N–H and O–H groups in total. The maximum atomic E-state index is 9.96. The molecule has 0 aliphatic heterocycles. The van der Waals surface area contributed by atoms with E-state index in [1.165, 1.54) is 13.0 Å². The molecule has 0 saturated heterocycles. The molecular weight excluding hydrogens is 124 g/mol. The van der Waals surface area contributed by atoms with Crippen LogP contribution in [0.15, 0.2) is 12.2 Å². The number of rotatable bonds is 1. The third-order valence-electron chi connectivity index (χ3n) is 0.651. The minimum absolute atomic E-state index is 0.109. The van der Waals surface area contributed by atoms with E-state index in [9.17, 15) is 4.79 Å². The first-order chi connectivity index (χ1) is 4.68. The highest BCUT2D eigenvalue weighted by Crippen LogP contribution is 1.69. The molecule has 0 spiro atoms. The van der Waals surface area contributed by atoms with Gasteiger partial charge >= 0.3 is 0 Å². The van der Waals surface area contributed by atoms with Crippen molar-refractivity contribution in [3.05, 3.63) is 12.2 Å². The Morgan fingerprint density at radius 3 is 1.70 bits per heavy atom. The minimum Gasteiger partial charge on any atom is -0.295 e. The van der Waals surface area contributed by atoms with E-state index < -0.39 is 0 Å². The van der Waals surface area contributed by atoms with Crippen molar-refractivity contribution in [3.63, 3.8) is 0 Å². The maximum absolute atomic E-state index is 9.96. The van der Waals surface area contributed by atoms with Crippen molar-refractivity contribution in [2.45, 2.75) is 27.7 Å². The molecule has 0 saturated carbocycles. The van der Waals surface area contributed by atoms with Crippen molar-refractivity contribution in [1.29, 1.82) is 0 Å². The molecule has 0 radical (unpaired) electrons. The lowest BCUT2D eigenvalue weighted by atomic mass is 10.4. The smallest absolute Gasteiger partial charge is 0.152 e. The first-order valence-electron chi connectivity index (χ1n) is 3.15. The Morgan fingerprint density at radius 1 is 1.30 bits per heavy atom. The molecule has 0 unspecified atom stereocenters. The van der Waals surface area contributed by atoms with Gasteiger partial charge in [-0.15, -0.1) is 11.8 Å². The van der Waals surface area contributed by atoms with Gasteiger partial charge in [0.1, 0.15) is 0 Å². The van der Waals surface area contributed by atoms with Gasteiger partial charge in [-0.25, -0.2) is 0 Å². The molecule has 0 amide bonds. The molecule has 0 aromatic carbocycles. The average molecular weight is 138 g/mol. The lowest BCUT2D eigenvalue weighted by molar-refractivity contribution is -0.112. The van der Waals surface area contributed by atoms with Crippen molar-refractivity contribution < 1.29 is 4.79 Å². The van der Waals surface area contributed by atoms with Gasteiger partial charge in [-0.05, 0) is 33.8 Å². The number of hydrogen-bond acceptors (Lipinski definition) is 1. The third-order valence-corrected chi connectivity index (χ3v) is 0.651. The van der Waals surface area contributed by atoms with Crippen LogP contribution in [0.1, 0.15) is 27.7 Å². The fourth-order valence-corrected chi connectivity index (χ4v) is 0.235. The Bertz CT molecular complexity index is 149. The molecular formula is C9H14O. The summed E-state index contributed by atoms with van der Waals surface area (Å²) in [5.74, 6) is 5.47. The van der Waals surface area contributed by atoms with Crippen LogP contribution in [0.4, 0.5) is 0 Å². The molecule has 56 valence electrons. The van der Waals surface area contributed by atoms with Gasteiger partial charge in [0.05, 0.1) is 0 Å². The Hall–Kier alpha value is -1.03. The van der Waals surface area contributed by atoms with Crippen LogP contribution >= 0.6 is 0 Å². The highest BCUT2D eigenvalue weighted by molar-refractivity contribution is 5.87. The van der Waals surface area contributed by atoms with E-state index in [0.29, 0.717) is 0 Å².